The van der Waals surface area contributed by atoms with Gasteiger partial charge in [0.1, 0.15) is 35.0 Å². The second kappa shape index (κ2) is 14.0. The summed E-state index contributed by atoms with van der Waals surface area (Å²) in [5.74, 6) is 0.392. The Morgan fingerprint density at radius 2 is 1.80 bits per heavy atom. The fourth-order valence-electron chi connectivity index (χ4n) is 3.18. The van der Waals surface area contributed by atoms with Crippen LogP contribution in [-0.2, 0) is 16.0 Å². The average Bonchev–Trinajstić information content (AvgIpc) is 2.77. The Balaban J connectivity index is 0.000000340. The Kier molecular flexibility index (Phi) is 12.2. The van der Waals surface area contributed by atoms with Crippen molar-refractivity contribution in [1.29, 1.82) is 0 Å². The average molecular weight is 530 g/mol. The Hall–Kier alpha value is -2.68. The maximum Gasteiger partial charge on any atom is 0.344 e. The molecule has 0 radical (unpaired) electrons. The highest BCUT2D eigenvalue weighted by molar-refractivity contribution is 6.30. The van der Waals surface area contributed by atoms with Gasteiger partial charge in [0.2, 0.25) is 0 Å². The number of carbonyl (C=O) groups is 2. The summed E-state index contributed by atoms with van der Waals surface area (Å²) < 4.78 is 21.2. The first-order chi connectivity index (χ1) is 16.0. The topological polar surface area (TPSA) is 94.5 Å². The maximum atomic E-state index is 11.3. The highest BCUT2D eigenvalue weighted by Crippen LogP contribution is 2.40. The Labute approximate surface area is 217 Å². The van der Waals surface area contributed by atoms with Gasteiger partial charge in [-0.25, -0.2) is 9.59 Å². The molecule has 1 aliphatic heterocycles. The number of carbonyl (C=O) groups excluding carboxylic acids is 1. The molecule has 0 aliphatic carbocycles. The number of ether oxygens (including phenoxy) is 4. The highest BCUT2D eigenvalue weighted by Gasteiger charge is 2.30. The molecule has 0 spiro atoms. The molecule has 2 aromatic carbocycles. The Bertz CT molecular complexity index is 979. The van der Waals surface area contributed by atoms with E-state index < -0.39 is 5.97 Å². The monoisotopic (exact) mass is 529 g/mol. The van der Waals surface area contributed by atoms with E-state index in [1.54, 1.807) is 30.3 Å². The van der Waals surface area contributed by atoms with Gasteiger partial charge in [0, 0.05) is 17.1 Å². The van der Waals surface area contributed by atoms with E-state index in [4.69, 9.17) is 35.7 Å². The van der Waals surface area contributed by atoms with Crippen molar-refractivity contribution in [3.05, 3.63) is 52.5 Å². The lowest BCUT2D eigenvalue weighted by Crippen LogP contribution is -2.32. The van der Waals surface area contributed by atoms with Gasteiger partial charge in [0.15, 0.2) is 6.61 Å². The smallest absolute Gasteiger partial charge is 0.344 e. The fraction of sp³-hybridized carbons (Fsp3) is 0.440. The van der Waals surface area contributed by atoms with Crippen LogP contribution in [0, 0.1) is 0 Å². The molecule has 8 nitrogen and oxygen atoms in total. The van der Waals surface area contributed by atoms with Crippen LogP contribution in [-0.4, -0.2) is 68.5 Å². The van der Waals surface area contributed by atoms with E-state index >= 15 is 0 Å². The lowest BCUT2D eigenvalue weighted by molar-refractivity contribution is -0.146. The summed E-state index contributed by atoms with van der Waals surface area (Å²) in [6.07, 6.45) is 1.62. The second-order valence-electron chi connectivity index (χ2n) is 8.56. The van der Waals surface area contributed by atoms with Gasteiger partial charge in [-0.3, -0.25) is 0 Å². The number of hydrogen-bond acceptors (Lipinski definition) is 7. The predicted molar refractivity (Wildman–Crippen MR) is 137 cm³/mol. The van der Waals surface area contributed by atoms with Crippen LogP contribution >= 0.6 is 24.0 Å². The number of hydrogen-bond donors (Lipinski definition) is 1. The lowest BCUT2D eigenvalue weighted by atomic mass is 9.92. The molecule has 194 valence electrons. The quantitative estimate of drug-likeness (QED) is 0.489. The zero-order valence-corrected chi connectivity index (χ0v) is 22.2. The molecule has 0 saturated carbocycles. The first-order valence-electron chi connectivity index (χ1n) is 10.8. The lowest BCUT2D eigenvalue weighted by Gasteiger charge is -2.33. The number of likely N-dealkylation sites (N-methyl/N-ethyl adjacent to an activating group) is 1. The number of fused-ring (bicyclic) bond motifs is 1. The molecule has 0 amide bonds. The third-order valence-corrected chi connectivity index (χ3v) is 5.24. The first-order valence-corrected chi connectivity index (χ1v) is 11.2. The molecule has 0 saturated heterocycles. The molecule has 1 N–H and O–H groups in total. The van der Waals surface area contributed by atoms with Crippen molar-refractivity contribution >= 4 is 35.9 Å². The van der Waals surface area contributed by atoms with Crippen molar-refractivity contribution in [3.63, 3.8) is 0 Å². The van der Waals surface area contributed by atoms with E-state index in [0.29, 0.717) is 29.7 Å². The summed E-state index contributed by atoms with van der Waals surface area (Å²) in [4.78, 5) is 24.3. The van der Waals surface area contributed by atoms with Crippen LogP contribution in [0.3, 0.4) is 0 Å². The predicted octanol–water partition coefficient (Wildman–Crippen LogP) is 4.74. The van der Waals surface area contributed by atoms with Crippen LogP contribution in [0.5, 0.6) is 17.2 Å². The van der Waals surface area contributed by atoms with Gasteiger partial charge in [-0.2, -0.15) is 0 Å². The molecule has 1 heterocycles. The van der Waals surface area contributed by atoms with Crippen LogP contribution in [0.1, 0.15) is 36.2 Å². The van der Waals surface area contributed by atoms with Crippen molar-refractivity contribution in [2.75, 3.05) is 41.0 Å². The van der Waals surface area contributed by atoms with Crippen molar-refractivity contribution in [1.82, 2.24) is 4.90 Å². The van der Waals surface area contributed by atoms with Gasteiger partial charge in [-0.05, 0) is 77.2 Å². The molecule has 0 unspecified atom stereocenters. The normalized spacial score (nSPS) is 13.2. The number of halogens is 2. The minimum Gasteiger partial charge on any atom is -0.495 e. The van der Waals surface area contributed by atoms with E-state index in [1.807, 2.05) is 32.8 Å². The van der Waals surface area contributed by atoms with E-state index in [-0.39, 0.29) is 36.1 Å². The summed E-state index contributed by atoms with van der Waals surface area (Å²) in [5.41, 5.74) is 0.837. The molecule has 10 heteroatoms. The van der Waals surface area contributed by atoms with Gasteiger partial charge in [-0.1, -0.05) is 11.6 Å². The zero-order valence-electron chi connectivity index (χ0n) is 20.6. The van der Waals surface area contributed by atoms with E-state index in [1.165, 1.54) is 13.2 Å². The molecule has 3 rings (SSSR count). The third-order valence-electron chi connectivity index (χ3n) is 4.99. The standard InChI is InChI=1S/C13H16O4.C12H16ClNO3.ClH/c1-13(2)7-6-8-10(17-13)5-4-9(12(14)15)11(8)16-3;1-14(2)7-8-16-12(15)9-17-11-5-3-10(13)4-6-11;/h4-5H,6-7H2,1-3H3,(H,14,15);3-6H,7-9H2,1-2H3;1H. The molecule has 1 aliphatic rings. The number of benzene rings is 2. The molecule has 35 heavy (non-hydrogen) atoms. The van der Waals surface area contributed by atoms with Gasteiger partial charge in [0.25, 0.3) is 0 Å². The minimum atomic E-state index is -0.977. The summed E-state index contributed by atoms with van der Waals surface area (Å²) in [6.45, 7) is 5.03. The van der Waals surface area contributed by atoms with Crippen LogP contribution in [0.15, 0.2) is 36.4 Å². The number of carboxylic acid groups (broad SMARTS) is 1. The molecule has 2 aromatic rings. The Morgan fingerprint density at radius 3 is 2.37 bits per heavy atom. The number of esters is 1. The van der Waals surface area contributed by atoms with Crippen molar-refractivity contribution < 1.29 is 33.6 Å². The van der Waals surface area contributed by atoms with Gasteiger partial charge < -0.3 is 29.0 Å². The SMILES string of the molecule is CN(C)CCOC(=O)COc1ccc(Cl)cc1.COc1c(C(=O)O)ccc2c1CCC(C)(C)O2.Cl. The van der Waals surface area contributed by atoms with Gasteiger partial charge in [-0.15, -0.1) is 12.4 Å². The second-order valence-corrected chi connectivity index (χ2v) is 8.99. The zero-order chi connectivity index (χ0) is 25.3. The van der Waals surface area contributed by atoms with Gasteiger partial charge >= 0.3 is 11.9 Å². The van der Waals surface area contributed by atoms with E-state index in [9.17, 15) is 9.59 Å². The number of carboxylic acids is 1. The molecule has 0 bridgehead atoms. The minimum absolute atomic E-state index is 0. The van der Waals surface area contributed by atoms with Crippen LogP contribution in [0.25, 0.3) is 0 Å². The number of rotatable bonds is 8. The van der Waals surface area contributed by atoms with E-state index in [0.717, 1.165) is 24.2 Å². The number of methoxy groups -OCH3 is 1. The van der Waals surface area contributed by atoms with Crippen LogP contribution in [0.4, 0.5) is 0 Å². The molecule has 0 atom stereocenters. The van der Waals surface area contributed by atoms with Crippen LogP contribution < -0.4 is 14.2 Å². The van der Waals surface area contributed by atoms with Gasteiger partial charge in [0.05, 0.1) is 7.11 Å². The summed E-state index contributed by atoms with van der Waals surface area (Å²) in [6, 6.07) is 10.1. The molecular weight excluding hydrogens is 497 g/mol. The number of nitrogens with zero attached hydrogens (tertiary/aromatic N) is 1. The number of aromatic carboxylic acids is 1. The summed E-state index contributed by atoms with van der Waals surface area (Å²) in [7, 11) is 5.32. The molecule has 0 aromatic heterocycles. The van der Waals surface area contributed by atoms with E-state index in [2.05, 4.69) is 0 Å². The summed E-state index contributed by atoms with van der Waals surface area (Å²) in [5, 5.41) is 9.71. The van der Waals surface area contributed by atoms with Crippen molar-refractivity contribution in [2.24, 2.45) is 0 Å². The maximum absolute atomic E-state index is 11.3. The van der Waals surface area contributed by atoms with Crippen LogP contribution in [0.2, 0.25) is 5.02 Å². The Morgan fingerprint density at radius 1 is 1.14 bits per heavy atom. The highest BCUT2D eigenvalue weighted by atomic mass is 35.5. The van der Waals surface area contributed by atoms with Crippen molar-refractivity contribution in [3.8, 4) is 17.2 Å². The summed E-state index contributed by atoms with van der Waals surface area (Å²) >= 11 is 5.72. The third kappa shape index (κ3) is 9.84. The van der Waals surface area contributed by atoms with Crippen molar-refractivity contribution in [2.45, 2.75) is 32.3 Å². The molecular formula is C25H33Cl2NO7. The fourth-order valence-corrected chi connectivity index (χ4v) is 3.30. The largest absolute Gasteiger partial charge is 0.495 e. The first kappa shape index (κ1) is 30.4. The molecule has 0 fully saturated rings.